The quantitative estimate of drug-likeness (QED) is 0.326. The lowest BCUT2D eigenvalue weighted by Crippen LogP contribution is -2.40. The Kier molecular flexibility index (Phi) is 5.66. The summed E-state index contributed by atoms with van der Waals surface area (Å²) in [5.74, 6) is -2.87. The van der Waals surface area contributed by atoms with Crippen molar-refractivity contribution in [3.63, 3.8) is 0 Å². The molecule has 4 nitrogen and oxygen atoms in total. The van der Waals surface area contributed by atoms with Crippen molar-refractivity contribution in [3.05, 3.63) is 29.8 Å². The summed E-state index contributed by atoms with van der Waals surface area (Å²) < 4.78 is 38.4. The van der Waals surface area contributed by atoms with Crippen LogP contribution in [0, 0.1) is 5.92 Å². The normalized spacial score (nSPS) is 14.1. The van der Waals surface area contributed by atoms with Crippen LogP contribution in [0.5, 0.6) is 0 Å². The number of hydrogen-bond acceptors (Lipinski definition) is 3. The summed E-state index contributed by atoms with van der Waals surface area (Å²) in [6.07, 6.45) is -2.91. The Hall–Kier alpha value is -1.92. The molecule has 7 heteroatoms. The average molecular weight is 289 g/mol. The summed E-state index contributed by atoms with van der Waals surface area (Å²) in [6.45, 7) is 1.52. The lowest BCUT2D eigenvalue weighted by atomic mass is 10.1. The number of rotatable bonds is 6. The zero-order valence-electron chi connectivity index (χ0n) is 11.1. The number of amidine groups is 1. The summed E-state index contributed by atoms with van der Waals surface area (Å²) in [5, 5.41) is 13.6. The predicted octanol–water partition coefficient (Wildman–Crippen LogP) is 2.98. The first-order valence-electron chi connectivity index (χ1n) is 6.26. The van der Waals surface area contributed by atoms with Gasteiger partial charge in [0, 0.05) is 12.2 Å². The molecule has 1 rings (SSSR count). The molecule has 0 aliphatic heterocycles. The molecular weight excluding hydrogens is 271 g/mol. The van der Waals surface area contributed by atoms with Crippen LogP contribution in [-0.4, -0.2) is 23.8 Å². The van der Waals surface area contributed by atoms with Gasteiger partial charge in [-0.2, -0.15) is 13.2 Å². The first-order valence-corrected chi connectivity index (χ1v) is 6.26. The van der Waals surface area contributed by atoms with Crippen LogP contribution in [0.3, 0.4) is 0 Å². The molecule has 0 heterocycles. The fourth-order valence-electron chi connectivity index (χ4n) is 1.85. The van der Waals surface area contributed by atoms with E-state index in [1.807, 2.05) is 19.1 Å². The van der Waals surface area contributed by atoms with Crippen LogP contribution < -0.4 is 11.1 Å². The molecule has 20 heavy (non-hydrogen) atoms. The minimum atomic E-state index is -4.57. The van der Waals surface area contributed by atoms with E-state index in [2.05, 4.69) is 10.5 Å². The number of aryl methyl sites for hydroxylation is 1. The van der Waals surface area contributed by atoms with Crippen molar-refractivity contribution in [2.75, 3.05) is 11.9 Å². The molecule has 0 spiro atoms. The van der Waals surface area contributed by atoms with Crippen LogP contribution in [0.4, 0.5) is 18.9 Å². The topological polar surface area (TPSA) is 70.6 Å². The smallest absolute Gasteiger partial charge is 0.400 e. The molecule has 0 amide bonds. The van der Waals surface area contributed by atoms with Gasteiger partial charge in [0.2, 0.25) is 0 Å². The van der Waals surface area contributed by atoms with E-state index in [1.165, 1.54) is 0 Å². The second-order valence-corrected chi connectivity index (χ2v) is 4.41. The number of oxime groups is 1. The summed E-state index contributed by atoms with van der Waals surface area (Å²) in [7, 11) is 0. The molecule has 0 saturated carbocycles. The first kappa shape index (κ1) is 16.1. The van der Waals surface area contributed by atoms with E-state index < -0.39 is 24.5 Å². The van der Waals surface area contributed by atoms with E-state index in [-0.39, 0.29) is 0 Å². The van der Waals surface area contributed by atoms with Crippen LogP contribution in [0.1, 0.15) is 18.9 Å². The van der Waals surface area contributed by atoms with Crippen molar-refractivity contribution < 1.29 is 18.4 Å². The third-order valence-electron chi connectivity index (χ3n) is 2.90. The van der Waals surface area contributed by atoms with Gasteiger partial charge in [-0.1, -0.05) is 36.7 Å². The molecule has 0 saturated heterocycles. The summed E-state index contributed by atoms with van der Waals surface area (Å²) in [6, 6.07) is 7.15. The summed E-state index contributed by atoms with van der Waals surface area (Å²) >= 11 is 0. The van der Waals surface area contributed by atoms with E-state index >= 15 is 0 Å². The SMILES string of the molecule is CCCc1ccccc1NCC(/C(N)=N/O)C(F)(F)F. The standard InChI is InChI=1S/C13H18F3N3O/c1-2-5-9-6-3-4-7-11(9)18-8-10(12(17)19-20)13(14,15)16/h3-4,6-7,10,18,20H,2,5,8H2,1H3,(H2,17,19). The van der Waals surface area contributed by atoms with E-state index in [0.29, 0.717) is 5.69 Å². The monoisotopic (exact) mass is 289 g/mol. The lowest BCUT2D eigenvalue weighted by Gasteiger charge is -2.20. The third-order valence-corrected chi connectivity index (χ3v) is 2.90. The molecule has 1 atom stereocenters. The molecule has 4 N–H and O–H groups in total. The second-order valence-electron chi connectivity index (χ2n) is 4.41. The van der Waals surface area contributed by atoms with Crippen LogP contribution >= 0.6 is 0 Å². The Labute approximate surface area is 115 Å². The number of nitrogens with two attached hydrogens (primary N) is 1. The van der Waals surface area contributed by atoms with Gasteiger partial charge in [0.1, 0.15) is 5.92 Å². The van der Waals surface area contributed by atoms with E-state index in [0.717, 1.165) is 18.4 Å². The predicted molar refractivity (Wildman–Crippen MR) is 71.9 cm³/mol. The number of alkyl halides is 3. The van der Waals surface area contributed by atoms with Gasteiger partial charge in [-0.3, -0.25) is 0 Å². The lowest BCUT2D eigenvalue weighted by molar-refractivity contribution is -0.152. The van der Waals surface area contributed by atoms with Crippen molar-refractivity contribution in [2.24, 2.45) is 16.8 Å². The Morgan fingerprint density at radius 2 is 2.05 bits per heavy atom. The maximum Gasteiger partial charge on any atom is 0.400 e. The number of nitrogens with zero attached hydrogens (tertiary/aromatic N) is 1. The highest BCUT2D eigenvalue weighted by Gasteiger charge is 2.42. The molecular formula is C13H18F3N3O. The van der Waals surface area contributed by atoms with Gasteiger partial charge in [0.25, 0.3) is 0 Å². The molecule has 0 radical (unpaired) electrons. The van der Waals surface area contributed by atoms with Gasteiger partial charge in [0.15, 0.2) is 5.84 Å². The number of halogens is 3. The van der Waals surface area contributed by atoms with E-state index in [9.17, 15) is 13.2 Å². The Balaban J connectivity index is 2.83. The zero-order chi connectivity index (χ0) is 15.2. The Morgan fingerprint density at radius 3 is 2.60 bits per heavy atom. The molecule has 0 fully saturated rings. The van der Waals surface area contributed by atoms with Crippen molar-refractivity contribution in [3.8, 4) is 0 Å². The number of nitrogens with one attached hydrogen (secondary N) is 1. The third kappa shape index (κ3) is 4.32. The number of anilines is 1. The molecule has 1 aromatic carbocycles. The number of benzene rings is 1. The van der Waals surface area contributed by atoms with Gasteiger partial charge in [-0.05, 0) is 18.1 Å². The minimum Gasteiger partial charge on any atom is -0.409 e. The van der Waals surface area contributed by atoms with E-state index in [1.54, 1.807) is 12.1 Å². The van der Waals surface area contributed by atoms with Crippen LogP contribution in [0.15, 0.2) is 29.4 Å². The van der Waals surface area contributed by atoms with Gasteiger partial charge in [-0.15, -0.1) is 0 Å². The maximum absolute atomic E-state index is 12.8. The van der Waals surface area contributed by atoms with Crippen LogP contribution in [0.25, 0.3) is 0 Å². The Morgan fingerprint density at radius 1 is 1.40 bits per heavy atom. The summed E-state index contributed by atoms with van der Waals surface area (Å²) in [5.41, 5.74) is 6.68. The average Bonchev–Trinajstić information content (AvgIpc) is 2.39. The first-order chi connectivity index (χ1) is 9.40. The molecule has 112 valence electrons. The van der Waals surface area contributed by atoms with Gasteiger partial charge >= 0.3 is 6.18 Å². The van der Waals surface area contributed by atoms with Crippen LogP contribution in [-0.2, 0) is 6.42 Å². The zero-order valence-corrected chi connectivity index (χ0v) is 11.1. The molecule has 0 aliphatic carbocycles. The molecule has 0 aromatic heterocycles. The van der Waals surface area contributed by atoms with Crippen LogP contribution in [0.2, 0.25) is 0 Å². The fourth-order valence-corrected chi connectivity index (χ4v) is 1.85. The van der Waals surface area contributed by atoms with Crippen molar-refractivity contribution in [2.45, 2.75) is 25.9 Å². The van der Waals surface area contributed by atoms with Crippen molar-refractivity contribution in [1.29, 1.82) is 0 Å². The Bertz CT molecular complexity index is 460. The largest absolute Gasteiger partial charge is 0.409 e. The molecule has 0 aliphatic rings. The molecule has 1 aromatic rings. The summed E-state index contributed by atoms with van der Waals surface area (Å²) in [4.78, 5) is 0. The minimum absolute atomic E-state index is 0.472. The highest BCUT2D eigenvalue weighted by Crippen LogP contribution is 2.27. The molecule has 1 unspecified atom stereocenters. The van der Waals surface area contributed by atoms with Gasteiger partial charge in [-0.25, -0.2) is 0 Å². The highest BCUT2D eigenvalue weighted by molar-refractivity contribution is 5.83. The van der Waals surface area contributed by atoms with Gasteiger partial charge < -0.3 is 16.3 Å². The van der Waals surface area contributed by atoms with Crippen molar-refractivity contribution >= 4 is 11.5 Å². The van der Waals surface area contributed by atoms with Crippen molar-refractivity contribution in [1.82, 2.24) is 0 Å². The number of hydrogen-bond donors (Lipinski definition) is 3. The second kappa shape index (κ2) is 7.02. The number of para-hydroxylation sites is 1. The highest BCUT2D eigenvalue weighted by atomic mass is 19.4. The van der Waals surface area contributed by atoms with Gasteiger partial charge in [0.05, 0.1) is 0 Å². The van der Waals surface area contributed by atoms with E-state index in [4.69, 9.17) is 10.9 Å². The molecule has 0 bridgehead atoms. The maximum atomic E-state index is 12.8. The fraction of sp³-hybridized carbons (Fsp3) is 0.462.